The first-order chi connectivity index (χ1) is 16.5. The number of nitrogens with one attached hydrogen (secondary N) is 1. The number of benzene rings is 1. The Morgan fingerprint density at radius 2 is 1.67 bits per heavy atom. The highest BCUT2D eigenvalue weighted by atomic mass is 35.5. The first-order valence-electron chi connectivity index (χ1n) is 11.1. The van der Waals surface area contributed by atoms with Gasteiger partial charge in [0.2, 0.25) is 0 Å². The minimum Gasteiger partial charge on any atom is -0.389 e. The summed E-state index contributed by atoms with van der Waals surface area (Å²) >= 11 is 13.4. The van der Waals surface area contributed by atoms with E-state index in [9.17, 15) is 33.0 Å². The molecule has 36 heavy (non-hydrogen) atoms. The van der Waals surface area contributed by atoms with Crippen LogP contribution in [-0.4, -0.2) is 63.3 Å². The third-order valence-corrected chi connectivity index (χ3v) is 7.48. The van der Waals surface area contributed by atoms with Crippen molar-refractivity contribution < 1.29 is 33.0 Å². The topological polar surface area (TPSA) is 103 Å². The van der Waals surface area contributed by atoms with Crippen molar-refractivity contribution in [1.82, 2.24) is 15.2 Å². The van der Waals surface area contributed by atoms with E-state index in [1.165, 1.54) is 24.8 Å². The summed E-state index contributed by atoms with van der Waals surface area (Å²) in [7, 11) is 0. The molecular formula is C23H28Cl2F3N3O4S. The normalized spacial score (nSPS) is 13.9. The predicted octanol–water partition coefficient (Wildman–Crippen LogP) is 5.26. The fraction of sp³-hybridized carbons (Fsp3) is 0.522. The van der Waals surface area contributed by atoms with Crippen LogP contribution in [0.3, 0.4) is 0 Å². The largest absolute Gasteiger partial charge is 0.421 e. The van der Waals surface area contributed by atoms with E-state index in [2.05, 4.69) is 10.3 Å². The molecule has 200 valence electrons. The Labute approximate surface area is 221 Å². The van der Waals surface area contributed by atoms with Crippen LogP contribution in [0.1, 0.15) is 66.9 Å². The molecule has 0 aliphatic rings. The number of carbonyl (C=O) groups excluding carboxylic acids is 2. The van der Waals surface area contributed by atoms with Crippen LogP contribution in [0.2, 0.25) is 10.0 Å². The van der Waals surface area contributed by atoms with E-state index in [-0.39, 0.29) is 32.7 Å². The van der Waals surface area contributed by atoms with E-state index in [1.807, 2.05) is 0 Å². The third kappa shape index (κ3) is 6.13. The number of carbonyl (C=O) groups is 2. The van der Waals surface area contributed by atoms with Gasteiger partial charge in [-0.25, -0.2) is 4.98 Å². The van der Waals surface area contributed by atoms with Crippen LogP contribution in [-0.2, 0) is 5.60 Å². The highest BCUT2D eigenvalue weighted by molar-refractivity contribution is 7.17. The van der Waals surface area contributed by atoms with Crippen LogP contribution >= 0.6 is 34.5 Å². The number of thiazole rings is 1. The number of rotatable bonds is 9. The predicted molar refractivity (Wildman–Crippen MR) is 134 cm³/mol. The summed E-state index contributed by atoms with van der Waals surface area (Å²) in [5.74, 6) is -1.16. The maximum Gasteiger partial charge on any atom is 0.421 e. The zero-order valence-electron chi connectivity index (χ0n) is 20.4. The lowest BCUT2D eigenvalue weighted by atomic mass is 9.89. The maximum absolute atomic E-state index is 13.6. The summed E-state index contributed by atoms with van der Waals surface area (Å²) < 4.78 is 40.9. The number of aromatic nitrogens is 1. The first-order valence-corrected chi connectivity index (χ1v) is 12.7. The van der Waals surface area contributed by atoms with Gasteiger partial charge in [0, 0.05) is 30.8 Å². The Hall–Kier alpha value is -1.92. The molecule has 1 heterocycles. The molecule has 0 saturated heterocycles. The van der Waals surface area contributed by atoms with E-state index >= 15 is 0 Å². The molecule has 0 spiro atoms. The van der Waals surface area contributed by atoms with Crippen molar-refractivity contribution >= 4 is 46.4 Å². The van der Waals surface area contributed by atoms with Crippen molar-refractivity contribution in [1.29, 1.82) is 0 Å². The lowest BCUT2D eigenvalue weighted by Gasteiger charge is -2.31. The van der Waals surface area contributed by atoms with Crippen LogP contribution in [0.25, 0.3) is 10.4 Å². The monoisotopic (exact) mass is 569 g/mol. The van der Waals surface area contributed by atoms with E-state index in [0.29, 0.717) is 13.1 Å². The second-order valence-electron chi connectivity index (χ2n) is 8.67. The molecule has 1 aromatic carbocycles. The van der Waals surface area contributed by atoms with Gasteiger partial charge in [0.15, 0.2) is 10.6 Å². The number of hydrogen-bond donors (Lipinski definition) is 3. The van der Waals surface area contributed by atoms with Crippen LogP contribution in [0.15, 0.2) is 12.1 Å². The van der Waals surface area contributed by atoms with Gasteiger partial charge in [0.25, 0.3) is 11.8 Å². The molecule has 0 aliphatic heterocycles. The number of amides is 2. The van der Waals surface area contributed by atoms with E-state index in [4.69, 9.17) is 23.2 Å². The molecule has 0 aliphatic carbocycles. The van der Waals surface area contributed by atoms with Crippen molar-refractivity contribution in [3.05, 3.63) is 38.4 Å². The van der Waals surface area contributed by atoms with Gasteiger partial charge in [-0.3, -0.25) is 9.59 Å². The smallest absolute Gasteiger partial charge is 0.389 e. The maximum atomic E-state index is 13.6. The zero-order chi connectivity index (χ0) is 27.6. The van der Waals surface area contributed by atoms with E-state index in [1.54, 1.807) is 13.8 Å². The van der Waals surface area contributed by atoms with Crippen molar-refractivity contribution in [3.8, 4) is 10.4 Å². The molecule has 1 aromatic heterocycles. The highest BCUT2D eigenvalue weighted by Gasteiger charge is 2.54. The molecule has 2 aromatic rings. The quantitative estimate of drug-likeness (QED) is 0.382. The number of hydrogen-bond acceptors (Lipinski definition) is 6. The van der Waals surface area contributed by atoms with Gasteiger partial charge in [-0.1, -0.05) is 42.3 Å². The average molecular weight is 570 g/mol. The fourth-order valence-corrected chi connectivity index (χ4v) is 5.01. The molecule has 2 rings (SSSR count). The van der Waals surface area contributed by atoms with Crippen molar-refractivity contribution in [2.24, 2.45) is 0 Å². The van der Waals surface area contributed by atoms with Gasteiger partial charge in [0.05, 0.1) is 20.5 Å². The standard InChI is InChI=1S/C23H28Cl2F3N3O4S/c1-6-22(35,23(26,27)28)13-10-9-12(14(24)15(13)25)17-16(20(33)31(7-2)8-3)30-19(36-17)18(32)29-11-21(4,5)34/h9-10,34-35H,6-8,11H2,1-5H3,(H,29,32). The van der Waals surface area contributed by atoms with E-state index < -0.39 is 46.2 Å². The molecule has 3 N–H and O–H groups in total. The van der Waals surface area contributed by atoms with Crippen molar-refractivity contribution in [3.63, 3.8) is 0 Å². The SMILES string of the molecule is CCN(CC)C(=O)c1nc(C(=O)NCC(C)(C)O)sc1-c1ccc(C(O)(CC)C(F)(F)F)c(Cl)c1Cl. The molecule has 0 bridgehead atoms. The van der Waals surface area contributed by atoms with Gasteiger partial charge < -0.3 is 20.4 Å². The molecule has 1 atom stereocenters. The second kappa shape index (κ2) is 11.2. The molecular weight excluding hydrogens is 542 g/mol. The van der Waals surface area contributed by atoms with Crippen molar-refractivity contribution in [2.75, 3.05) is 19.6 Å². The Morgan fingerprint density at radius 1 is 1.08 bits per heavy atom. The van der Waals surface area contributed by atoms with Crippen LogP contribution in [0, 0.1) is 0 Å². The molecule has 0 saturated carbocycles. The molecule has 7 nitrogen and oxygen atoms in total. The first kappa shape index (κ1) is 30.3. The summed E-state index contributed by atoms with van der Waals surface area (Å²) in [5.41, 5.74) is -5.10. The number of alkyl halides is 3. The molecule has 0 fully saturated rings. The lowest BCUT2D eigenvalue weighted by Crippen LogP contribution is -2.42. The number of nitrogens with zero attached hydrogens (tertiary/aromatic N) is 2. The number of halogens is 5. The molecule has 13 heteroatoms. The molecule has 0 radical (unpaired) electrons. The summed E-state index contributed by atoms with van der Waals surface area (Å²) in [6.07, 6.45) is -5.72. The van der Waals surface area contributed by atoms with Crippen molar-refractivity contribution in [2.45, 2.75) is 58.4 Å². The van der Waals surface area contributed by atoms with Crippen LogP contribution < -0.4 is 5.32 Å². The lowest BCUT2D eigenvalue weighted by molar-refractivity contribution is -0.267. The zero-order valence-corrected chi connectivity index (χ0v) is 22.7. The van der Waals surface area contributed by atoms with Gasteiger partial charge in [-0.2, -0.15) is 13.2 Å². The van der Waals surface area contributed by atoms with Gasteiger partial charge in [-0.15, -0.1) is 11.3 Å². The van der Waals surface area contributed by atoms with Gasteiger partial charge in [-0.05, 0) is 34.1 Å². The minimum atomic E-state index is -5.02. The average Bonchev–Trinajstić information content (AvgIpc) is 3.23. The Morgan fingerprint density at radius 3 is 2.14 bits per heavy atom. The molecule has 1 unspecified atom stereocenters. The number of aliphatic hydroxyl groups is 2. The summed E-state index contributed by atoms with van der Waals surface area (Å²) in [5, 5.41) is 21.8. The van der Waals surface area contributed by atoms with E-state index in [0.717, 1.165) is 24.3 Å². The van der Waals surface area contributed by atoms with Crippen LogP contribution in [0.5, 0.6) is 0 Å². The Kier molecular flexibility index (Phi) is 9.45. The Balaban J connectivity index is 2.70. The summed E-state index contributed by atoms with van der Waals surface area (Å²) in [4.78, 5) is 31.7. The summed E-state index contributed by atoms with van der Waals surface area (Å²) in [6, 6.07) is 2.21. The second-order valence-corrected chi connectivity index (χ2v) is 10.4. The fourth-order valence-electron chi connectivity index (χ4n) is 3.37. The molecule has 2 amide bonds. The van der Waals surface area contributed by atoms with Gasteiger partial charge in [0.1, 0.15) is 5.69 Å². The highest BCUT2D eigenvalue weighted by Crippen LogP contribution is 2.48. The Bertz CT molecular complexity index is 1130. The van der Waals surface area contributed by atoms with Crippen LogP contribution in [0.4, 0.5) is 13.2 Å². The minimum absolute atomic E-state index is 0.0839. The summed E-state index contributed by atoms with van der Waals surface area (Å²) in [6.45, 7) is 8.26. The third-order valence-electron chi connectivity index (χ3n) is 5.51. The van der Waals surface area contributed by atoms with Gasteiger partial charge >= 0.3 is 6.18 Å².